The molecule has 1 unspecified atom stereocenters. The zero-order chi connectivity index (χ0) is 17.6. The van der Waals surface area contributed by atoms with E-state index in [4.69, 9.17) is 0 Å². The van der Waals surface area contributed by atoms with Crippen molar-refractivity contribution in [2.45, 2.75) is 6.04 Å². The second-order valence-corrected chi connectivity index (χ2v) is 7.47. The monoisotopic (exact) mass is 401 g/mol. The highest BCUT2D eigenvalue weighted by molar-refractivity contribution is 9.10. The molecule has 2 aromatic rings. The highest BCUT2D eigenvalue weighted by Gasteiger charge is 2.21. The number of nitrogens with one attached hydrogen (secondary N) is 1. The molecule has 0 spiro atoms. The zero-order valence-electron chi connectivity index (χ0n) is 14.5. The number of hydrogen-bond acceptors (Lipinski definition) is 3. The van der Waals surface area contributed by atoms with Crippen molar-refractivity contribution in [3.8, 4) is 0 Å². The van der Waals surface area contributed by atoms with E-state index in [-0.39, 0.29) is 11.9 Å². The van der Waals surface area contributed by atoms with Gasteiger partial charge >= 0.3 is 0 Å². The zero-order valence-corrected chi connectivity index (χ0v) is 16.1. The summed E-state index contributed by atoms with van der Waals surface area (Å²) in [7, 11) is 2.15. The SMILES string of the molecule is CN1CCN(CC(NC(=O)c2cccc(Br)c2)c2ccccc2)CC1. The molecule has 3 rings (SSSR count). The molecule has 1 atom stereocenters. The molecular formula is C20H24BrN3O. The molecule has 0 bridgehead atoms. The van der Waals surface area contributed by atoms with Crippen molar-refractivity contribution in [3.05, 3.63) is 70.2 Å². The van der Waals surface area contributed by atoms with E-state index in [0.717, 1.165) is 42.8 Å². The Labute approximate surface area is 158 Å². The highest BCUT2D eigenvalue weighted by atomic mass is 79.9. The number of benzene rings is 2. The van der Waals surface area contributed by atoms with Gasteiger partial charge < -0.3 is 10.2 Å². The van der Waals surface area contributed by atoms with Crippen LogP contribution in [0.5, 0.6) is 0 Å². The summed E-state index contributed by atoms with van der Waals surface area (Å²) in [6, 6.07) is 17.7. The van der Waals surface area contributed by atoms with Crippen molar-refractivity contribution < 1.29 is 4.79 Å². The second-order valence-electron chi connectivity index (χ2n) is 6.55. The number of piperazine rings is 1. The molecule has 0 aliphatic carbocycles. The molecule has 0 radical (unpaired) electrons. The van der Waals surface area contributed by atoms with Gasteiger partial charge in [0.1, 0.15) is 0 Å². The summed E-state index contributed by atoms with van der Waals surface area (Å²) in [6.07, 6.45) is 0. The molecular weight excluding hydrogens is 378 g/mol. The van der Waals surface area contributed by atoms with E-state index in [2.05, 4.69) is 50.2 Å². The Balaban J connectivity index is 1.73. The fourth-order valence-electron chi connectivity index (χ4n) is 3.08. The fraction of sp³-hybridized carbons (Fsp3) is 0.350. The van der Waals surface area contributed by atoms with Crippen LogP contribution in [0.25, 0.3) is 0 Å². The molecule has 25 heavy (non-hydrogen) atoms. The molecule has 1 aliphatic rings. The van der Waals surface area contributed by atoms with Gasteiger partial charge in [0.2, 0.25) is 0 Å². The van der Waals surface area contributed by atoms with Crippen LogP contribution in [-0.2, 0) is 0 Å². The average molecular weight is 402 g/mol. The summed E-state index contributed by atoms with van der Waals surface area (Å²) in [5, 5.41) is 3.22. The maximum atomic E-state index is 12.7. The lowest BCUT2D eigenvalue weighted by Crippen LogP contribution is -2.47. The lowest BCUT2D eigenvalue weighted by Gasteiger charge is -2.35. The van der Waals surface area contributed by atoms with E-state index < -0.39 is 0 Å². The van der Waals surface area contributed by atoms with Gasteiger partial charge in [-0.1, -0.05) is 52.3 Å². The lowest BCUT2D eigenvalue weighted by molar-refractivity contribution is 0.0907. The molecule has 5 heteroatoms. The standard InChI is InChI=1S/C20H24BrN3O/c1-23-10-12-24(13-11-23)15-19(16-6-3-2-4-7-16)22-20(25)17-8-5-9-18(21)14-17/h2-9,14,19H,10-13,15H2,1H3,(H,22,25). The van der Waals surface area contributed by atoms with Crippen molar-refractivity contribution in [1.82, 2.24) is 15.1 Å². The number of carbonyl (C=O) groups is 1. The van der Waals surface area contributed by atoms with E-state index >= 15 is 0 Å². The van der Waals surface area contributed by atoms with Crippen molar-refractivity contribution in [1.29, 1.82) is 0 Å². The minimum absolute atomic E-state index is 0.0175. The normalized spacial score (nSPS) is 17.2. The molecule has 1 aliphatic heterocycles. The van der Waals surface area contributed by atoms with Crippen LogP contribution in [0.3, 0.4) is 0 Å². The van der Waals surface area contributed by atoms with E-state index in [1.807, 2.05) is 42.5 Å². The van der Waals surface area contributed by atoms with Crippen molar-refractivity contribution >= 4 is 21.8 Å². The number of halogens is 1. The van der Waals surface area contributed by atoms with E-state index in [1.165, 1.54) is 0 Å². The predicted molar refractivity (Wildman–Crippen MR) is 105 cm³/mol. The average Bonchev–Trinajstić information content (AvgIpc) is 2.63. The summed E-state index contributed by atoms with van der Waals surface area (Å²) in [4.78, 5) is 17.5. The smallest absolute Gasteiger partial charge is 0.251 e. The first-order valence-corrected chi connectivity index (χ1v) is 9.43. The quantitative estimate of drug-likeness (QED) is 0.835. The Bertz CT molecular complexity index is 699. The molecule has 1 heterocycles. The minimum atomic E-state index is -0.0377. The van der Waals surface area contributed by atoms with Crippen LogP contribution >= 0.6 is 15.9 Å². The number of nitrogens with zero attached hydrogens (tertiary/aromatic N) is 2. The Morgan fingerprint density at radius 3 is 2.48 bits per heavy atom. The molecule has 2 aromatic carbocycles. The van der Waals surface area contributed by atoms with E-state index in [1.54, 1.807) is 0 Å². The third-order valence-corrected chi connectivity index (χ3v) is 5.12. The summed E-state index contributed by atoms with van der Waals surface area (Å²) < 4.78 is 0.912. The lowest BCUT2D eigenvalue weighted by atomic mass is 10.0. The summed E-state index contributed by atoms with van der Waals surface area (Å²) in [6.45, 7) is 5.04. The Morgan fingerprint density at radius 2 is 1.80 bits per heavy atom. The summed E-state index contributed by atoms with van der Waals surface area (Å²) >= 11 is 3.43. The molecule has 0 aromatic heterocycles. The Kier molecular flexibility index (Phi) is 6.24. The van der Waals surface area contributed by atoms with Crippen LogP contribution < -0.4 is 5.32 Å². The second kappa shape index (κ2) is 8.61. The Hall–Kier alpha value is -1.69. The van der Waals surface area contributed by atoms with Gasteiger partial charge in [-0.15, -0.1) is 0 Å². The minimum Gasteiger partial charge on any atom is -0.344 e. The van der Waals surface area contributed by atoms with Gasteiger partial charge in [-0.2, -0.15) is 0 Å². The van der Waals surface area contributed by atoms with Gasteiger partial charge in [0.25, 0.3) is 5.91 Å². The molecule has 132 valence electrons. The van der Waals surface area contributed by atoms with Gasteiger partial charge in [-0.05, 0) is 30.8 Å². The van der Waals surface area contributed by atoms with Gasteiger partial charge in [-0.25, -0.2) is 0 Å². The maximum absolute atomic E-state index is 12.7. The van der Waals surface area contributed by atoms with Gasteiger partial charge in [0.15, 0.2) is 0 Å². The number of rotatable bonds is 5. The van der Waals surface area contributed by atoms with Crippen LogP contribution in [0.15, 0.2) is 59.1 Å². The number of hydrogen-bond donors (Lipinski definition) is 1. The molecule has 1 amide bonds. The first kappa shape index (κ1) is 18.1. The first-order chi connectivity index (χ1) is 12.1. The van der Waals surface area contributed by atoms with Crippen LogP contribution in [0, 0.1) is 0 Å². The molecule has 1 saturated heterocycles. The first-order valence-electron chi connectivity index (χ1n) is 8.64. The molecule has 0 saturated carbocycles. The van der Waals surface area contributed by atoms with Crippen molar-refractivity contribution in [2.75, 3.05) is 39.8 Å². The van der Waals surface area contributed by atoms with Crippen LogP contribution in [0.2, 0.25) is 0 Å². The van der Waals surface area contributed by atoms with Crippen LogP contribution in [-0.4, -0.2) is 55.5 Å². The Morgan fingerprint density at radius 1 is 1.08 bits per heavy atom. The third-order valence-electron chi connectivity index (χ3n) is 4.63. The molecule has 1 fully saturated rings. The van der Waals surface area contributed by atoms with Crippen LogP contribution in [0.4, 0.5) is 0 Å². The van der Waals surface area contributed by atoms with Crippen molar-refractivity contribution in [3.63, 3.8) is 0 Å². The topological polar surface area (TPSA) is 35.6 Å². The fourth-order valence-corrected chi connectivity index (χ4v) is 3.48. The number of carbonyl (C=O) groups excluding carboxylic acids is 1. The van der Waals surface area contributed by atoms with E-state index in [0.29, 0.717) is 5.56 Å². The number of amides is 1. The summed E-state index contributed by atoms with van der Waals surface area (Å²) in [5.41, 5.74) is 1.82. The number of likely N-dealkylation sites (N-methyl/N-ethyl adjacent to an activating group) is 1. The van der Waals surface area contributed by atoms with Crippen molar-refractivity contribution in [2.24, 2.45) is 0 Å². The largest absolute Gasteiger partial charge is 0.344 e. The third kappa shape index (κ3) is 5.14. The summed E-state index contributed by atoms with van der Waals surface area (Å²) in [5.74, 6) is -0.0377. The maximum Gasteiger partial charge on any atom is 0.251 e. The molecule has 1 N–H and O–H groups in total. The molecule has 4 nitrogen and oxygen atoms in total. The predicted octanol–water partition coefficient (Wildman–Crippen LogP) is 3.17. The van der Waals surface area contributed by atoms with E-state index in [9.17, 15) is 4.79 Å². The highest BCUT2D eigenvalue weighted by Crippen LogP contribution is 2.18. The van der Waals surface area contributed by atoms with Gasteiger partial charge in [-0.3, -0.25) is 9.69 Å². The van der Waals surface area contributed by atoms with Crippen LogP contribution in [0.1, 0.15) is 22.0 Å². The van der Waals surface area contributed by atoms with Gasteiger partial charge in [0.05, 0.1) is 6.04 Å². The van der Waals surface area contributed by atoms with Gasteiger partial charge in [0, 0.05) is 42.8 Å².